The number of rotatable bonds is 6. The van der Waals surface area contributed by atoms with E-state index in [1.807, 2.05) is 19.1 Å². The quantitative estimate of drug-likeness (QED) is 0.785. The van der Waals surface area contributed by atoms with Crippen molar-refractivity contribution in [3.8, 4) is 5.75 Å². The maximum absolute atomic E-state index is 11.6. The Kier molecular flexibility index (Phi) is 5.46. The molecule has 118 valence electrons. The highest BCUT2D eigenvalue weighted by Gasteiger charge is 2.12. The number of hydrogen-bond donors (Lipinski definition) is 2. The lowest BCUT2D eigenvalue weighted by atomic mass is 10.1. The zero-order chi connectivity index (χ0) is 16.1. The van der Waals surface area contributed by atoms with Gasteiger partial charge in [-0.1, -0.05) is 0 Å². The van der Waals surface area contributed by atoms with Crippen LogP contribution < -0.4 is 15.7 Å². The van der Waals surface area contributed by atoms with Gasteiger partial charge in [0.25, 0.3) is 0 Å². The molecule has 0 saturated carbocycles. The molecule has 1 amide bonds. The number of benzene rings is 1. The lowest BCUT2D eigenvalue weighted by Gasteiger charge is -2.08. The average molecular weight is 324 g/mol. The van der Waals surface area contributed by atoms with E-state index in [9.17, 15) is 9.59 Å². The second-order valence-electron chi connectivity index (χ2n) is 4.95. The molecule has 2 rings (SSSR count). The standard InChI is InChI=1S/C15H17NO5S/c1-9(16-15(18)19)7-22-8-10-5-14(17)21-13-6-11(20-2)3-4-12(10)13/h3-6,9,16H,7-8H2,1-2H3,(H,18,19)/p+1. The predicted octanol–water partition coefficient (Wildman–Crippen LogP) is 1.66. The van der Waals surface area contributed by atoms with Gasteiger partial charge < -0.3 is 14.3 Å². The topological polar surface area (TPSA) is 93.4 Å². The molecule has 0 fully saturated rings. The van der Waals surface area contributed by atoms with Crippen LogP contribution in [0.1, 0.15) is 12.5 Å². The molecule has 1 aromatic heterocycles. The number of methoxy groups -OCH3 is 1. The molecule has 6 nitrogen and oxygen atoms in total. The Morgan fingerprint density at radius 3 is 2.91 bits per heavy atom. The molecular formula is C15H18NO5S+. The second-order valence-corrected chi connectivity index (χ2v) is 5.98. The molecule has 22 heavy (non-hydrogen) atoms. The molecule has 3 N–H and O–H groups in total. The van der Waals surface area contributed by atoms with E-state index in [0.29, 0.717) is 22.8 Å². The maximum Gasteiger partial charge on any atom is 0.510 e. The Hall–Kier alpha value is -1.99. The summed E-state index contributed by atoms with van der Waals surface area (Å²) in [6.07, 6.45) is -0.911. The summed E-state index contributed by atoms with van der Waals surface area (Å²) in [5, 5.41) is 10.8. The van der Waals surface area contributed by atoms with Crippen molar-refractivity contribution in [3.05, 3.63) is 40.2 Å². The van der Waals surface area contributed by atoms with Crippen molar-refractivity contribution in [2.24, 2.45) is 0 Å². The first-order valence-electron chi connectivity index (χ1n) is 6.76. The molecule has 0 bridgehead atoms. The zero-order valence-corrected chi connectivity index (χ0v) is 13.2. The average Bonchev–Trinajstić information content (AvgIpc) is 2.45. The van der Waals surface area contributed by atoms with Gasteiger partial charge >= 0.3 is 11.7 Å². The molecular weight excluding hydrogens is 306 g/mol. The van der Waals surface area contributed by atoms with Gasteiger partial charge in [0.15, 0.2) is 0 Å². The van der Waals surface area contributed by atoms with Gasteiger partial charge in [0.2, 0.25) is 0 Å². The molecule has 0 spiro atoms. The van der Waals surface area contributed by atoms with Crippen molar-refractivity contribution in [2.75, 3.05) is 12.9 Å². The SMILES string of the molecule is COc1ccc2c(CSCC(C)[NH2+]C(=O)O)cc(=O)oc2c1. The summed E-state index contributed by atoms with van der Waals surface area (Å²) in [5.41, 5.74) is 0.968. The van der Waals surface area contributed by atoms with Crippen molar-refractivity contribution in [3.63, 3.8) is 0 Å². The smallest absolute Gasteiger partial charge is 0.497 e. The molecule has 0 aliphatic carbocycles. The third kappa shape index (κ3) is 4.25. The van der Waals surface area contributed by atoms with E-state index in [-0.39, 0.29) is 6.04 Å². The first-order chi connectivity index (χ1) is 10.5. The molecule has 1 atom stereocenters. The number of fused-ring (bicyclic) bond motifs is 1. The van der Waals surface area contributed by atoms with Gasteiger partial charge in [0.1, 0.15) is 17.4 Å². The normalized spacial score (nSPS) is 12.3. The molecule has 2 aromatic rings. The van der Waals surface area contributed by atoms with Crippen molar-refractivity contribution < 1.29 is 24.4 Å². The molecule has 1 heterocycles. The number of amides is 1. The van der Waals surface area contributed by atoms with Crippen LogP contribution in [0.2, 0.25) is 0 Å². The minimum absolute atomic E-state index is 0.0334. The van der Waals surface area contributed by atoms with E-state index in [1.165, 1.54) is 11.4 Å². The van der Waals surface area contributed by atoms with Crippen molar-refractivity contribution in [1.29, 1.82) is 0 Å². The summed E-state index contributed by atoms with van der Waals surface area (Å²) in [4.78, 5) is 22.2. The summed E-state index contributed by atoms with van der Waals surface area (Å²) < 4.78 is 10.3. The molecule has 0 aliphatic rings. The highest BCUT2D eigenvalue weighted by molar-refractivity contribution is 7.98. The van der Waals surface area contributed by atoms with E-state index in [4.69, 9.17) is 14.3 Å². The van der Waals surface area contributed by atoms with Crippen LogP contribution in [0, 0.1) is 0 Å². The van der Waals surface area contributed by atoms with E-state index in [2.05, 4.69) is 0 Å². The number of nitrogens with two attached hydrogens (primary N) is 1. The fourth-order valence-corrected chi connectivity index (χ4v) is 3.15. The highest BCUT2D eigenvalue weighted by Crippen LogP contribution is 2.25. The molecule has 0 saturated heterocycles. The fraction of sp³-hybridized carbons (Fsp3) is 0.333. The van der Waals surface area contributed by atoms with Gasteiger partial charge in [-0.25, -0.2) is 10.1 Å². The van der Waals surface area contributed by atoms with Crippen LogP contribution >= 0.6 is 11.8 Å². The van der Waals surface area contributed by atoms with Crippen LogP contribution in [0.4, 0.5) is 4.79 Å². The Morgan fingerprint density at radius 2 is 2.23 bits per heavy atom. The number of carboxylic acid groups (broad SMARTS) is 1. The minimum Gasteiger partial charge on any atom is -0.497 e. The van der Waals surface area contributed by atoms with Crippen molar-refractivity contribution in [1.82, 2.24) is 0 Å². The number of primary amides is 1. The van der Waals surface area contributed by atoms with E-state index in [0.717, 1.165) is 10.9 Å². The molecule has 0 radical (unpaired) electrons. The van der Waals surface area contributed by atoms with Gasteiger partial charge in [-0.15, -0.1) is 0 Å². The Bertz CT molecular complexity index is 727. The Morgan fingerprint density at radius 1 is 1.45 bits per heavy atom. The third-order valence-corrected chi connectivity index (χ3v) is 4.38. The maximum atomic E-state index is 11.6. The van der Waals surface area contributed by atoms with Gasteiger partial charge in [0, 0.05) is 29.0 Å². The summed E-state index contributed by atoms with van der Waals surface area (Å²) in [6, 6.07) is 6.81. The Balaban J connectivity index is 2.13. The van der Waals surface area contributed by atoms with Crippen LogP contribution in [0.5, 0.6) is 5.75 Å². The van der Waals surface area contributed by atoms with Gasteiger partial charge in [0.05, 0.1) is 7.11 Å². The van der Waals surface area contributed by atoms with Gasteiger partial charge in [-0.05, 0) is 24.6 Å². The molecule has 0 aliphatic heterocycles. The second kappa shape index (κ2) is 7.33. The lowest BCUT2D eigenvalue weighted by Crippen LogP contribution is -2.93. The van der Waals surface area contributed by atoms with E-state index < -0.39 is 11.7 Å². The van der Waals surface area contributed by atoms with Crippen LogP contribution in [-0.2, 0) is 5.75 Å². The zero-order valence-electron chi connectivity index (χ0n) is 12.4. The predicted molar refractivity (Wildman–Crippen MR) is 84.6 cm³/mol. The summed E-state index contributed by atoms with van der Waals surface area (Å²) >= 11 is 1.58. The Labute approximate surface area is 131 Å². The lowest BCUT2D eigenvalue weighted by molar-refractivity contribution is -0.597. The minimum atomic E-state index is -0.911. The first kappa shape index (κ1) is 16.4. The third-order valence-electron chi connectivity index (χ3n) is 3.10. The molecule has 7 heteroatoms. The van der Waals surface area contributed by atoms with Crippen LogP contribution in [-0.4, -0.2) is 30.1 Å². The summed E-state index contributed by atoms with van der Waals surface area (Å²) in [6.45, 7) is 1.85. The number of quaternary nitrogens is 1. The fourth-order valence-electron chi connectivity index (χ4n) is 2.10. The largest absolute Gasteiger partial charge is 0.510 e. The van der Waals surface area contributed by atoms with Crippen LogP contribution in [0.15, 0.2) is 33.5 Å². The molecule has 1 aromatic carbocycles. The number of hydrogen-bond acceptors (Lipinski definition) is 5. The van der Waals surface area contributed by atoms with Crippen molar-refractivity contribution in [2.45, 2.75) is 18.7 Å². The monoisotopic (exact) mass is 324 g/mol. The first-order valence-corrected chi connectivity index (χ1v) is 7.91. The van der Waals surface area contributed by atoms with Gasteiger partial charge in [-0.2, -0.15) is 16.6 Å². The van der Waals surface area contributed by atoms with Crippen LogP contribution in [0.3, 0.4) is 0 Å². The number of carbonyl (C=O) groups is 1. The summed E-state index contributed by atoms with van der Waals surface area (Å²) in [7, 11) is 1.55. The van der Waals surface area contributed by atoms with E-state index >= 15 is 0 Å². The van der Waals surface area contributed by atoms with Gasteiger partial charge in [-0.3, -0.25) is 0 Å². The highest BCUT2D eigenvalue weighted by atomic mass is 32.2. The van der Waals surface area contributed by atoms with Crippen molar-refractivity contribution >= 4 is 28.8 Å². The number of ether oxygens (including phenoxy) is 1. The molecule has 1 unspecified atom stereocenters. The van der Waals surface area contributed by atoms with E-state index in [1.54, 1.807) is 24.9 Å². The number of thioether (sulfide) groups is 1. The van der Waals surface area contributed by atoms with Crippen LogP contribution in [0.25, 0.3) is 11.0 Å². The summed E-state index contributed by atoms with van der Waals surface area (Å²) in [5.74, 6) is 1.92.